The number of thiazole rings is 1. The van der Waals surface area contributed by atoms with Crippen molar-refractivity contribution in [1.29, 1.82) is 0 Å². The van der Waals surface area contributed by atoms with Gasteiger partial charge in [0.1, 0.15) is 0 Å². The van der Waals surface area contributed by atoms with Gasteiger partial charge in [-0.1, -0.05) is 18.2 Å². The molecule has 2 aliphatic rings. The molecule has 2 aliphatic heterocycles. The maximum atomic E-state index is 12.6. The number of rotatable bonds is 3. The van der Waals surface area contributed by atoms with Gasteiger partial charge in [-0.15, -0.1) is 11.3 Å². The van der Waals surface area contributed by atoms with E-state index in [-0.39, 0.29) is 29.9 Å². The van der Waals surface area contributed by atoms with Crippen molar-refractivity contribution >= 4 is 37.3 Å². The molecule has 0 aliphatic carbocycles. The zero-order valence-corrected chi connectivity index (χ0v) is 15.4. The number of amides is 1. The summed E-state index contributed by atoms with van der Waals surface area (Å²) in [7, 11) is -3.10. The molecule has 0 saturated carbocycles. The number of carbonyl (C=O) groups is 1. The van der Waals surface area contributed by atoms with E-state index in [0.717, 1.165) is 29.9 Å². The minimum atomic E-state index is -3.10. The Kier molecular flexibility index (Phi) is 4.37. The highest BCUT2D eigenvalue weighted by Gasteiger charge is 2.30. The molecule has 25 heavy (non-hydrogen) atoms. The summed E-state index contributed by atoms with van der Waals surface area (Å²) in [6, 6.07) is 8.11. The van der Waals surface area contributed by atoms with E-state index in [0.29, 0.717) is 6.54 Å². The molecule has 132 valence electrons. The Morgan fingerprint density at radius 1 is 1.32 bits per heavy atom. The first-order valence-corrected chi connectivity index (χ1v) is 11.1. The van der Waals surface area contributed by atoms with E-state index in [9.17, 15) is 13.2 Å². The highest BCUT2D eigenvalue weighted by atomic mass is 32.2. The van der Waals surface area contributed by atoms with E-state index in [1.165, 1.54) is 10.1 Å². The van der Waals surface area contributed by atoms with E-state index >= 15 is 0 Å². The Bertz CT molecular complexity index is 900. The lowest BCUT2D eigenvalue weighted by atomic mass is 9.97. The van der Waals surface area contributed by atoms with Gasteiger partial charge >= 0.3 is 0 Å². The lowest BCUT2D eigenvalue weighted by Crippen LogP contribution is -2.39. The molecule has 5 nitrogen and oxygen atoms in total. The average Bonchev–Trinajstić information content (AvgIpc) is 3.18. The lowest BCUT2D eigenvalue weighted by Gasteiger charge is -2.32. The average molecular weight is 377 g/mol. The number of nitrogens with zero attached hydrogens (tertiary/aromatic N) is 2. The van der Waals surface area contributed by atoms with Gasteiger partial charge in [0.15, 0.2) is 9.84 Å². The predicted molar refractivity (Wildman–Crippen MR) is 99.2 cm³/mol. The summed E-state index contributed by atoms with van der Waals surface area (Å²) >= 11 is 1.71. The molecule has 0 bridgehead atoms. The van der Waals surface area contributed by atoms with Crippen LogP contribution >= 0.6 is 11.3 Å². The number of para-hydroxylation sites is 1. The van der Waals surface area contributed by atoms with Crippen molar-refractivity contribution in [2.24, 2.45) is 5.92 Å². The Labute approximate surface area is 151 Å². The van der Waals surface area contributed by atoms with Crippen LogP contribution < -0.4 is 0 Å². The molecule has 1 amide bonds. The summed E-state index contributed by atoms with van der Waals surface area (Å²) in [5.74, 6) is 0.212. The fraction of sp³-hybridized carbons (Fsp3) is 0.444. The van der Waals surface area contributed by atoms with Crippen LogP contribution in [0.3, 0.4) is 0 Å². The number of aromatic nitrogens is 1. The zero-order valence-electron chi connectivity index (χ0n) is 13.8. The second kappa shape index (κ2) is 6.53. The lowest BCUT2D eigenvalue weighted by molar-refractivity contribution is -0.132. The van der Waals surface area contributed by atoms with Gasteiger partial charge in [0, 0.05) is 36.8 Å². The SMILES string of the molecule is O=C(C[C@@H]1C=CS(=O)(=O)C1)N1CCC[C@@H](c2nc3ccccc3s2)C1. The minimum Gasteiger partial charge on any atom is -0.342 e. The monoisotopic (exact) mass is 376 g/mol. The van der Waals surface area contributed by atoms with Crippen LogP contribution in [0, 0.1) is 5.92 Å². The third-order valence-electron chi connectivity index (χ3n) is 4.88. The van der Waals surface area contributed by atoms with Gasteiger partial charge in [0.05, 0.1) is 21.0 Å². The van der Waals surface area contributed by atoms with Crippen LogP contribution in [0.25, 0.3) is 10.2 Å². The maximum Gasteiger partial charge on any atom is 0.223 e. The van der Waals surface area contributed by atoms with Crippen molar-refractivity contribution in [3.8, 4) is 0 Å². The summed E-state index contributed by atoms with van der Waals surface area (Å²) in [6.45, 7) is 1.44. The van der Waals surface area contributed by atoms with Crippen molar-refractivity contribution in [3.05, 3.63) is 40.8 Å². The van der Waals surface area contributed by atoms with Gasteiger partial charge in [-0.25, -0.2) is 13.4 Å². The smallest absolute Gasteiger partial charge is 0.223 e. The fourth-order valence-corrected chi connectivity index (χ4v) is 6.08. The molecule has 1 saturated heterocycles. The Morgan fingerprint density at radius 3 is 2.92 bits per heavy atom. The van der Waals surface area contributed by atoms with Gasteiger partial charge in [-0.05, 0) is 25.0 Å². The zero-order chi connectivity index (χ0) is 17.4. The number of hydrogen-bond acceptors (Lipinski definition) is 5. The Morgan fingerprint density at radius 2 is 2.16 bits per heavy atom. The molecule has 1 aromatic carbocycles. The summed E-state index contributed by atoms with van der Waals surface area (Å²) in [6.07, 6.45) is 3.94. The van der Waals surface area contributed by atoms with Gasteiger partial charge in [0.25, 0.3) is 0 Å². The number of sulfone groups is 1. The van der Waals surface area contributed by atoms with Crippen molar-refractivity contribution in [2.45, 2.75) is 25.2 Å². The van der Waals surface area contributed by atoms with Crippen molar-refractivity contribution in [3.63, 3.8) is 0 Å². The van der Waals surface area contributed by atoms with Crippen LogP contribution in [-0.2, 0) is 14.6 Å². The largest absolute Gasteiger partial charge is 0.342 e. The standard InChI is InChI=1S/C18H20N2O3S2/c21-17(10-13-7-9-25(22,23)12-13)20-8-3-4-14(11-20)18-19-15-5-1-2-6-16(15)24-18/h1-2,5-7,9,13-14H,3-4,8,10-12H2/t13-,14+/m0/s1. The first kappa shape index (κ1) is 16.7. The molecule has 1 fully saturated rings. The first-order valence-electron chi connectivity index (χ1n) is 8.54. The number of piperidine rings is 1. The van der Waals surface area contributed by atoms with Gasteiger partial charge < -0.3 is 4.90 Å². The molecule has 2 aromatic rings. The summed E-state index contributed by atoms with van der Waals surface area (Å²) in [5, 5.41) is 2.34. The van der Waals surface area contributed by atoms with Crippen molar-refractivity contribution < 1.29 is 13.2 Å². The van der Waals surface area contributed by atoms with Crippen LogP contribution in [0.15, 0.2) is 35.7 Å². The van der Waals surface area contributed by atoms with Gasteiger partial charge in [-0.2, -0.15) is 0 Å². The highest BCUT2D eigenvalue weighted by molar-refractivity contribution is 7.94. The topological polar surface area (TPSA) is 67.3 Å². The number of hydrogen-bond donors (Lipinski definition) is 0. The molecule has 4 rings (SSSR count). The maximum absolute atomic E-state index is 12.6. The highest BCUT2D eigenvalue weighted by Crippen LogP contribution is 2.33. The number of carbonyl (C=O) groups excluding carboxylic acids is 1. The van der Waals surface area contributed by atoms with Crippen LogP contribution in [0.2, 0.25) is 0 Å². The second-order valence-electron chi connectivity index (χ2n) is 6.82. The van der Waals surface area contributed by atoms with E-state index < -0.39 is 9.84 Å². The molecule has 0 radical (unpaired) electrons. The molecule has 1 aromatic heterocycles. The van der Waals surface area contributed by atoms with Gasteiger partial charge in [-0.3, -0.25) is 4.79 Å². The third-order valence-corrected chi connectivity index (χ3v) is 7.54. The predicted octanol–water partition coefficient (Wildman–Crippen LogP) is 2.95. The van der Waals surface area contributed by atoms with Gasteiger partial charge in [0.2, 0.25) is 5.91 Å². The van der Waals surface area contributed by atoms with E-state index in [1.54, 1.807) is 17.4 Å². The fourth-order valence-electron chi connectivity index (χ4n) is 3.59. The normalized spacial score (nSPS) is 25.5. The summed E-state index contributed by atoms with van der Waals surface area (Å²) in [5.41, 5.74) is 1.02. The number of fused-ring (bicyclic) bond motifs is 1. The Hall–Kier alpha value is -1.73. The molecular weight excluding hydrogens is 356 g/mol. The molecule has 3 heterocycles. The number of likely N-dealkylation sites (tertiary alicyclic amines) is 1. The van der Waals surface area contributed by atoms with E-state index in [4.69, 9.17) is 4.98 Å². The molecular formula is C18H20N2O3S2. The molecule has 2 atom stereocenters. The summed E-state index contributed by atoms with van der Waals surface area (Å²) in [4.78, 5) is 19.2. The van der Waals surface area contributed by atoms with Crippen LogP contribution in [0.1, 0.15) is 30.2 Å². The van der Waals surface area contributed by atoms with E-state index in [1.807, 2.05) is 23.1 Å². The number of benzene rings is 1. The van der Waals surface area contributed by atoms with E-state index in [2.05, 4.69) is 6.07 Å². The Balaban J connectivity index is 1.43. The summed E-state index contributed by atoms with van der Waals surface area (Å²) < 4.78 is 24.2. The van der Waals surface area contributed by atoms with Crippen molar-refractivity contribution in [2.75, 3.05) is 18.8 Å². The minimum absolute atomic E-state index is 0.0533. The number of allylic oxidation sites excluding steroid dienone is 1. The van der Waals surface area contributed by atoms with Crippen LogP contribution in [0.4, 0.5) is 0 Å². The molecule has 0 spiro atoms. The molecule has 0 N–H and O–H groups in total. The van der Waals surface area contributed by atoms with Crippen molar-refractivity contribution in [1.82, 2.24) is 9.88 Å². The first-order chi connectivity index (χ1) is 12.0. The molecule has 0 unspecified atom stereocenters. The third kappa shape index (κ3) is 3.62. The second-order valence-corrected chi connectivity index (χ2v) is 9.81. The molecule has 7 heteroatoms. The van der Waals surface area contributed by atoms with Crippen LogP contribution in [-0.4, -0.2) is 43.1 Å². The quantitative estimate of drug-likeness (QED) is 0.826. The van der Waals surface area contributed by atoms with Crippen LogP contribution in [0.5, 0.6) is 0 Å².